The predicted octanol–water partition coefficient (Wildman–Crippen LogP) is 2.47. The van der Waals surface area contributed by atoms with Crippen LogP contribution in [0.15, 0.2) is 28.7 Å². The van der Waals surface area contributed by atoms with Crippen molar-refractivity contribution in [3.05, 3.63) is 28.7 Å². The maximum absolute atomic E-state index is 12.6. The van der Waals surface area contributed by atoms with E-state index in [9.17, 15) is 9.59 Å². The van der Waals surface area contributed by atoms with Crippen molar-refractivity contribution in [2.45, 2.75) is 31.7 Å². The molecule has 1 aliphatic carbocycles. The summed E-state index contributed by atoms with van der Waals surface area (Å²) >= 11 is 3.41. The molecule has 1 saturated heterocycles. The first-order valence-corrected chi connectivity index (χ1v) is 8.83. The fraction of sp³-hybridized carbons (Fsp3) is 0.529. The third-order valence-electron chi connectivity index (χ3n) is 4.95. The lowest BCUT2D eigenvalue weighted by Gasteiger charge is -2.30. The first-order chi connectivity index (χ1) is 10.9. The summed E-state index contributed by atoms with van der Waals surface area (Å²) in [6.45, 7) is 2.95. The van der Waals surface area contributed by atoms with E-state index >= 15 is 0 Å². The van der Waals surface area contributed by atoms with Gasteiger partial charge in [-0.25, -0.2) is 0 Å². The Balaban J connectivity index is 0.00000208. The van der Waals surface area contributed by atoms with Gasteiger partial charge in [0.05, 0.1) is 5.54 Å². The van der Waals surface area contributed by atoms with Crippen molar-refractivity contribution in [3.8, 4) is 0 Å². The second kappa shape index (κ2) is 7.42. The number of hydrogen-bond acceptors (Lipinski definition) is 3. The summed E-state index contributed by atoms with van der Waals surface area (Å²) in [5.74, 6) is -0.490. The van der Waals surface area contributed by atoms with Crippen molar-refractivity contribution >= 4 is 45.8 Å². The van der Waals surface area contributed by atoms with Crippen LogP contribution >= 0.6 is 28.3 Å². The Labute approximate surface area is 156 Å². The van der Waals surface area contributed by atoms with Crippen molar-refractivity contribution in [2.24, 2.45) is 17.6 Å². The highest BCUT2D eigenvalue weighted by Crippen LogP contribution is 2.39. The van der Waals surface area contributed by atoms with E-state index in [0.29, 0.717) is 25.4 Å². The molecule has 3 N–H and O–H groups in total. The van der Waals surface area contributed by atoms with E-state index in [-0.39, 0.29) is 29.8 Å². The van der Waals surface area contributed by atoms with Gasteiger partial charge in [-0.2, -0.15) is 0 Å². The molecule has 132 valence electrons. The van der Waals surface area contributed by atoms with E-state index in [1.54, 1.807) is 4.90 Å². The molecule has 0 aromatic heterocycles. The summed E-state index contributed by atoms with van der Waals surface area (Å²) in [6.07, 6.45) is 2.73. The van der Waals surface area contributed by atoms with Gasteiger partial charge in [-0.05, 0) is 50.3 Å². The van der Waals surface area contributed by atoms with Crippen LogP contribution in [0, 0.1) is 11.8 Å². The van der Waals surface area contributed by atoms with Gasteiger partial charge < -0.3 is 16.0 Å². The van der Waals surface area contributed by atoms with Gasteiger partial charge in [0, 0.05) is 23.2 Å². The van der Waals surface area contributed by atoms with Gasteiger partial charge in [-0.15, -0.1) is 12.4 Å². The summed E-state index contributed by atoms with van der Waals surface area (Å²) in [5.41, 5.74) is 6.28. The lowest BCUT2D eigenvalue weighted by molar-refractivity contribution is -0.133. The molecule has 1 saturated carbocycles. The Kier molecular flexibility index (Phi) is 5.94. The standard InChI is InChI=1S/C17H22BrN3O2.ClH/c1-17(10-19,11-5-6-11)20-15(22)14-7-8-21(16(14)23)13-4-2-3-12(18)9-13;/h2-4,9,11,14H,5-8,10,19H2,1H3,(H,20,22);1H. The van der Waals surface area contributed by atoms with Crippen molar-refractivity contribution in [1.82, 2.24) is 5.32 Å². The number of carbonyl (C=O) groups is 2. The quantitative estimate of drug-likeness (QED) is 0.724. The summed E-state index contributed by atoms with van der Waals surface area (Å²) < 4.78 is 0.917. The lowest BCUT2D eigenvalue weighted by Crippen LogP contribution is -2.55. The molecule has 5 nitrogen and oxygen atoms in total. The number of benzene rings is 1. The molecule has 0 radical (unpaired) electrons. The molecule has 2 fully saturated rings. The molecule has 24 heavy (non-hydrogen) atoms. The Bertz CT molecular complexity index is 638. The number of halogens is 2. The molecule has 1 aromatic rings. The highest BCUT2D eigenvalue weighted by atomic mass is 79.9. The number of nitrogens with one attached hydrogen (secondary N) is 1. The van der Waals surface area contributed by atoms with Crippen LogP contribution in [0.5, 0.6) is 0 Å². The molecule has 1 aliphatic heterocycles. The van der Waals surface area contributed by atoms with Crippen LogP contribution in [0.1, 0.15) is 26.2 Å². The van der Waals surface area contributed by atoms with Crippen LogP contribution in [0.4, 0.5) is 5.69 Å². The second-order valence-electron chi connectivity index (χ2n) is 6.70. The third kappa shape index (κ3) is 3.76. The van der Waals surface area contributed by atoms with E-state index in [0.717, 1.165) is 23.0 Å². The van der Waals surface area contributed by atoms with Gasteiger partial charge in [-0.3, -0.25) is 9.59 Å². The molecule has 3 rings (SSSR count). The zero-order valence-electron chi connectivity index (χ0n) is 13.6. The number of hydrogen-bond donors (Lipinski definition) is 2. The van der Waals surface area contributed by atoms with Crippen LogP contribution in [0.25, 0.3) is 0 Å². The van der Waals surface area contributed by atoms with Crippen molar-refractivity contribution in [2.75, 3.05) is 18.0 Å². The minimum Gasteiger partial charge on any atom is -0.349 e. The minimum absolute atomic E-state index is 0. The smallest absolute Gasteiger partial charge is 0.239 e. The second-order valence-corrected chi connectivity index (χ2v) is 7.61. The number of carbonyl (C=O) groups excluding carboxylic acids is 2. The zero-order valence-corrected chi connectivity index (χ0v) is 16.0. The number of nitrogens with two attached hydrogens (primary N) is 1. The molecule has 2 aliphatic rings. The maximum atomic E-state index is 12.6. The van der Waals surface area contributed by atoms with Crippen LogP contribution in [0.3, 0.4) is 0 Å². The zero-order chi connectivity index (χ0) is 16.6. The summed E-state index contributed by atoms with van der Waals surface area (Å²) in [6, 6.07) is 7.58. The van der Waals surface area contributed by atoms with E-state index in [2.05, 4.69) is 21.2 Å². The number of rotatable bonds is 5. The van der Waals surface area contributed by atoms with Crippen molar-refractivity contribution in [1.29, 1.82) is 0 Å². The molecule has 0 bridgehead atoms. The number of nitrogens with zero attached hydrogens (tertiary/aromatic N) is 1. The molecule has 2 amide bonds. The predicted molar refractivity (Wildman–Crippen MR) is 100 cm³/mol. The number of amides is 2. The topological polar surface area (TPSA) is 75.4 Å². The molecular weight excluding hydrogens is 394 g/mol. The van der Waals surface area contributed by atoms with E-state index in [1.807, 2.05) is 31.2 Å². The first kappa shape index (κ1) is 19.2. The fourth-order valence-corrected chi connectivity index (χ4v) is 3.62. The van der Waals surface area contributed by atoms with Gasteiger partial charge in [-0.1, -0.05) is 22.0 Å². The minimum atomic E-state index is -0.612. The van der Waals surface area contributed by atoms with Crippen molar-refractivity contribution in [3.63, 3.8) is 0 Å². The largest absolute Gasteiger partial charge is 0.349 e. The summed E-state index contributed by atoms with van der Waals surface area (Å²) in [4.78, 5) is 26.9. The maximum Gasteiger partial charge on any atom is 0.239 e. The monoisotopic (exact) mass is 415 g/mol. The normalized spacial score (nSPS) is 22.7. The Morgan fingerprint density at radius 1 is 1.42 bits per heavy atom. The molecule has 1 heterocycles. The lowest BCUT2D eigenvalue weighted by atomic mass is 9.94. The van der Waals surface area contributed by atoms with Gasteiger partial charge >= 0.3 is 0 Å². The molecule has 2 atom stereocenters. The van der Waals surface area contributed by atoms with E-state index < -0.39 is 5.92 Å². The summed E-state index contributed by atoms with van der Waals surface area (Å²) in [5, 5.41) is 3.04. The van der Waals surface area contributed by atoms with Crippen LogP contribution in [-0.4, -0.2) is 30.4 Å². The Hall–Kier alpha value is -1.11. The SMILES string of the molecule is CC(CN)(NC(=O)C1CCN(c2cccc(Br)c2)C1=O)C1CC1.Cl. The first-order valence-electron chi connectivity index (χ1n) is 8.03. The van der Waals surface area contributed by atoms with Crippen LogP contribution < -0.4 is 16.0 Å². The average Bonchev–Trinajstić information content (AvgIpc) is 3.30. The number of anilines is 1. The van der Waals surface area contributed by atoms with Crippen LogP contribution in [0.2, 0.25) is 0 Å². The van der Waals surface area contributed by atoms with E-state index in [1.165, 1.54) is 0 Å². The Morgan fingerprint density at radius 3 is 2.71 bits per heavy atom. The third-order valence-corrected chi connectivity index (χ3v) is 5.45. The summed E-state index contributed by atoms with van der Waals surface area (Å²) in [7, 11) is 0. The van der Waals surface area contributed by atoms with Crippen molar-refractivity contribution < 1.29 is 9.59 Å². The average molecular weight is 417 g/mol. The van der Waals surface area contributed by atoms with Crippen LogP contribution in [-0.2, 0) is 9.59 Å². The fourth-order valence-electron chi connectivity index (χ4n) is 3.23. The van der Waals surface area contributed by atoms with Gasteiger partial charge in [0.1, 0.15) is 5.92 Å². The van der Waals surface area contributed by atoms with Gasteiger partial charge in [0.15, 0.2) is 0 Å². The molecule has 2 unspecified atom stereocenters. The molecular formula is C17H23BrClN3O2. The molecule has 1 aromatic carbocycles. The van der Waals surface area contributed by atoms with Gasteiger partial charge in [0.2, 0.25) is 11.8 Å². The molecule has 0 spiro atoms. The highest BCUT2D eigenvalue weighted by molar-refractivity contribution is 9.10. The molecule has 7 heteroatoms. The van der Waals surface area contributed by atoms with Gasteiger partial charge in [0.25, 0.3) is 0 Å². The van der Waals surface area contributed by atoms with E-state index in [4.69, 9.17) is 5.73 Å². The highest BCUT2D eigenvalue weighted by Gasteiger charge is 2.45. The Morgan fingerprint density at radius 2 is 2.12 bits per heavy atom.